The Bertz CT molecular complexity index is 4650. The molecule has 0 radical (unpaired) electrons. The van der Waals surface area contributed by atoms with Crippen LogP contribution in [0.2, 0.25) is 0 Å². The number of para-hydroxylation sites is 5. The van der Waals surface area contributed by atoms with E-state index in [0.717, 1.165) is 150 Å². The summed E-state index contributed by atoms with van der Waals surface area (Å²) in [5.74, 6) is 8.45. The second-order valence-electron chi connectivity index (χ2n) is 31.9. The quantitative estimate of drug-likeness (QED) is 0.0176. The molecular formula is C110H128N8O17. The monoisotopic (exact) mass is 1830 g/mol. The SMILES string of the molecule is COc1cccc(CCc2ccccc2OCC(O)CN2C=CNC=C2)c1.COc1cccc(CCc2ccccc2OCC(O)CN2C=CNC=C2)c1.COc1cccc(CCc2ccccc2OCC(O)CN2C=CNC=C2)c1.COc1cccc(CCc2ccccc2OCC(O)CN2C=COC=C2)c1.COc1cccc(CCc2ccccc2OCC(O)CN2C=COC=C2)c1. The summed E-state index contributed by atoms with van der Waals surface area (Å²) in [5.41, 5.74) is 11.8. The minimum Gasteiger partial charge on any atom is -0.497 e. The van der Waals surface area contributed by atoms with Gasteiger partial charge in [0.1, 0.15) is 146 Å². The van der Waals surface area contributed by atoms with E-state index in [-0.39, 0.29) is 33.0 Å². The molecular weight excluding hydrogens is 1710 g/mol. The zero-order valence-electron chi connectivity index (χ0n) is 77.5. The van der Waals surface area contributed by atoms with Gasteiger partial charge >= 0.3 is 0 Å². The normalized spacial score (nSPS) is 13.9. The molecule has 0 bridgehead atoms. The number of benzene rings is 10. The van der Waals surface area contributed by atoms with Crippen molar-refractivity contribution in [3.05, 3.63) is 423 Å². The number of hydrogen-bond acceptors (Lipinski definition) is 25. The fourth-order valence-corrected chi connectivity index (χ4v) is 14.6. The van der Waals surface area contributed by atoms with E-state index in [4.69, 9.17) is 56.8 Å². The standard InChI is InChI=1S/3C22H26N2O3.2C22H25NO4/c3*1-26-21-7-4-5-18(15-21)9-10-19-6-2-3-8-22(19)27-17-20(25)16-24-13-11-23-12-14-24;2*1-25-21-7-4-5-18(15-21)9-10-19-6-2-3-8-22(19)27-17-20(24)16-23-11-13-26-14-12-23/h3*2-8,11-15,20,23,25H,9-10,16-17H2,1H3;2*2-8,11-15,20,24H,9-10,16-17H2,1H3. The molecule has 8 N–H and O–H groups in total. The molecule has 5 atom stereocenters. The van der Waals surface area contributed by atoms with Gasteiger partial charge in [-0.3, -0.25) is 0 Å². The van der Waals surface area contributed by atoms with Crippen molar-refractivity contribution in [2.24, 2.45) is 0 Å². The fourth-order valence-electron chi connectivity index (χ4n) is 14.6. The number of nitrogens with zero attached hydrogens (tertiary/aromatic N) is 5. The van der Waals surface area contributed by atoms with Crippen molar-refractivity contribution >= 4 is 0 Å². The summed E-state index contributed by atoms with van der Waals surface area (Å²) >= 11 is 0. The number of methoxy groups -OCH3 is 5. The molecule has 0 saturated heterocycles. The molecule has 10 aromatic rings. The second-order valence-corrected chi connectivity index (χ2v) is 31.9. The fraction of sp³-hybridized carbons (Fsp3) is 0.273. The van der Waals surface area contributed by atoms with Crippen LogP contribution in [0.25, 0.3) is 0 Å². The van der Waals surface area contributed by atoms with Gasteiger partial charge < -0.3 is 123 Å². The zero-order chi connectivity index (χ0) is 94.5. The van der Waals surface area contributed by atoms with E-state index in [1.807, 2.05) is 251 Å². The third-order valence-corrected chi connectivity index (χ3v) is 21.7. The van der Waals surface area contributed by atoms with E-state index in [0.29, 0.717) is 32.7 Å². The molecule has 0 fully saturated rings. The molecule has 5 unspecified atom stereocenters. The number of β-amino-alcohol motifs (C(OH)–C–C–N with tert-alkyl or cyclic N) is 5. The van der Waals surface area contributed by atoms with Crippen LogP contribution in [0.5, 0.6) is 57.5 Å². The lowest BCUT2D eigenvalue weighted by atomic mass is 10.0. The smallest absolute Gasteiger partial charge is 0.122 e. The minimum atomic E-state index is -0.608. The van der Waals surface area contributed by atoms with Crippen molar-refractivity contribution in [3.63, 3.8) is 0 Å². The van der Waals surface area contributed by atoms with E-state index in [1.54, 1.807) is 85.4 Å². The molecule has 0 spiro atoms. The number of hydrogen-bond donors (Lipinski definition) is 8. The Balaban J connectivity index is 0.000000162. The van der Waals surface area contributed by atoms with Gasteiger partial charge in [0.2, 0.25) is 0 Å². The summed E-state index contributed by atoms with van der Waals surface area (Å²) in [7, 11) is 8.39. The molecule has 0 amide bonds. The van der Waals surface area contributed by atoms with Gasteiger partial charge in [0.05, 0.1) is 68.3 Å². The van der Waals surface area contributed by atoms with Crippen LogP contribution in [0.1, 0.15) is 55.6 Å². The summed E-state index contributed by atoms with van der Waals surface area (Å²) in [5, 5.41) is 60.1. The van der Waals surface area contributed by atoms with Gasteiger partial charge in [-0.1, -0.05) is 152 Å². The maximum Gasteiger partial charge on any atom is 0.122 e. The van der Waals surface area contributed by atoms with Crippen molar-refractivity contribution in [1.82, 2.24) is 40.4 Å². The minimum absolute atomic E-state index is 0.231. The van der Waals surface area contributed by atoms with Gasteiger partial charge in [-0.25, -0.2) is 0 Å². The first-order chi connectivity index (χ1) is 66.2. The molecule has 5 heterocycles. The Kier molecular flexibility index (Phi) is 43.1. The maximum atomic E-state index is 10.3. The highest BCUT2D eigenvalue weighted by Gasteiger charge is 2.19. The summed E-state index contributed by atoms with van der Waals surface area (Å²) < 4.78 is 65.9. The zero-order valence-corrected chi connectivity index (χ0v) is 77.5. The lowest BCUT2D eigenvalue weighted by molar-refractivity contribution is 0.0887. The molecule has 710 valence electrons. The summed E-state index contributed by atoms with van der Waals surface area (Å²) in [4.78, 5) is 9.45. The number of aliphatic hydroxyl groups is 5. The molecule has 15 rings (SSSR count). The van der Waals surface area contributed by atoms with Crippen LogP contribution in [0, 0.1) is 0 Å². The Labute approximate surface area is 794 Å². The second kappa shape index (κ2) is 57.6. The molecule has 0 aromatic heterocycles. The van der Waals surface area contributed by atoms with Crippen molar-refractivity contribution < 1.29 is 82.4 Å². The van der Waals surface area contributed by atoms with Gasteiger partial charge in [0.25, 0.3) is 0 Å². The van der Waals surface area contributed by atoms with Crippen LogP contribution in [-0.2, 0) is 73.7 Å². The van der Waals surface area contributed by atoms with E-state index >= 15 is 0 Å². The number of aryl methyl sites for hydroxylation is 10. The van der Waals surface area contributed by atoms with Gasteiger partial charge in [-0.15, -0.1) is 0 Å². The highest BCUT2D eigenvalue weighted by molar-refractivity contribution is 5.41. The lowest BCUT2D eigenvalue weighted by Crippen LogP contribution is -2.31. The summed E-state index contributed by atoms with van der Waals surface area (Å²) in [6, 6.07) is 80.5. The van der Waals surface area contributed by atoms with E-state index < -0.39 is 30.5 Å². The molecule has 5 aliphatic heterocycles. The van der Waals surface area contributed by atoms with Crippen LogP contribution in [0.3, 0.4) is 0 Å². The highest BCUT2D eigenvalue weighted by Crippen LogP contribution is 2.29. The van der Waals surface area contributed by atoms with Gasteiger partial charge in [-0.05, 0) is 211 Å². The van der Waals surface area contributed by atoms with Gasteiger partial charge in [0, 0.05) is 99.2 Å². The van der Waals surface area contributed by atoms with Crippen LogP contribution in [-0.4, -0.2) is 182 Å². The van der Waals surface area contributed by atoms with Gasteiger partial charge in [-0.2, -0.15) is 0 Å². The van der Waals surface area contributed by atoms with Crippen molar-refractivity contribution in [2.75, 3.05) is 101 Å². The average molecular weight is 1830 g/mol. The Morgan fingerprint density at radius 1 is 0.230 bits per heavy atom. The molecule has 5 aliphatic rings. The molecule has 25 heteroatoms. The Morgan fingerprint density at radius 2 is 0.415 bits per heavy atom. The summed E-state index contributed by atoms with van der Waals surface area (Å²) in [6.45, 7) is 3.57. The lowest BCUT2D eigenvalue weighted by Gasteiger charge is -2.22. The van der Waals surface area contributed by atoms with Crippen LogP contribution in [0.15, 0.2) is 367 Å². The van der Waals surface area contributed by atoms with E-state index in [1.165, 1.54) is 27.8 Å². The van der Waals surface area contributed by atoms with Crippen LogP contribution in [0.4, 0.5) is 0 Å². The first kappa shape index (κ1) is 101. The molecule has 25 nitrogen and oxygen atoms in total. The third kappa shape index (κ3) is 37.2. The first-order valence-corrected chi connectivity index (χ1v) is 45.3. The van der Waals surface area contributed by atoms with Crippen molar-refractivity contribution in [1.29, 1.82) is 0 Å². The Hall–Kier alpha value is -14.6. The predicted molar refractivity (Wildman–Crippen MR) is 528 cm³/mol. The van der Waals surface area contributed by atoms with Crippen molar-refractivity contribution in [2.45, 2.75) is 94.7 Å². The largest absolute Gasteiger partial charge is 0.497 e. The predicted octanol–water partition coefficient (Wildman–Crippen LogP) is 16.2. The van der Waals surface area contributed by atoms with E-state index in [2.05, 4.69) is 107 Å². The summed E-state index contributed by atoms with van der Waals surface area (Å²) in [6.07, 6.45) is 41.4. The van der Waals surface area contributed by atoms with Crippen LogP contribution < -0.4 is 63.3 Å². The molecule has 0 saturated carbocycles. The highest BCUT2D eigenvalue weighted by atomic mass is 16.5. The molecule has 135 heavy (non-hydrogen) atoms. The number of nitrogens with one attached hydrogen (secondary N) is 3. The van der Waals surface area contributed by atoms with Gasteiger partial charge in [0.15, 0.2) is 0 Å². The number of rotatable bonds is 45. The number of aliphatic hydroxyl groups excluding tert-OH is 5. The first-order valence-electron chi connectivity index (χ1n) is 45.3. The van der Waals surface area contributed by atoms with Crippen LogP contribution >= 0.6 is 0 Å². The molecule has 0 aliphatic carbocycles. The number of ether oxygens (including phenoxy) is 12. The third-order valence-electron chi connectivity index (χ3n) is 21.7. The van der Waals surface area contributed by atoms with E-state index in [9.17, 15) is 25.5 Å². The topological polar surface area (TPSA) is 264 Å². The molecule has 10 aromatic carbocycles. The van der Waals surface area contributed by atoms with Crippen molar-refractivity contribution in [3.8, 4) is 57.5 Å². The Morgan fingerprint density at radius 3 is 0.607 bits per heavy atom. The maximum absolute atomic E-state index is 10.3. The average Bonchev–Trinajstić information content (AvgIpc) is 0.879.